The maximum Gasteiger partial charge on any atom is 0.230 e. The monoisotopic (exact) mass is 285 g/mol. The van der Waals surface area contributed by atoms with E-state index >= 15 is 0 Å². The summed E-state index contributed by atoms with van der Waals surface area (Å²) in [4.78, 5) is 13.6. The van der Waals surface area contributed by atoms with Crippen molar-refractivity contribution in [3.05, 3.63) is 35.9 Å². The summed E-state index contributed by atoms with van der Waals surface area (Å²) in [5, 5.41) is 3.21. The van der Waals surface area contributed by atoms with Gasteiger partial charge in [0.2, 0.25) is 5.95 Å². The van der Waals surface area contributed by atoms with E-state index in [1.807, 2.05) is 24.3 Å². The minimum absolute atomic E-state index is 0.126. The van der Waals surface area contributed by atoms with E-state index in [0.717, 1.165) is 17.3 Å². The molecule has 0 saturated heterocycles. The summed E-state index contributed by atoms with van der Waals surface area (Å²) in [5.41, 5.74) is 7.24. The summed E-state index contributed by atoms with van der Waals surface area (Å²) in [6.45, 7) is 10.4. The second-order valence-corrected chi connectivity index (χ2v) is 6.50. The summed E-state index contributed by atoms with van der Waals surface area (Å²) in [6.07, 6.45) is 0. The maximum absolute atomic E-state index is 5.80. The van der Waals surface area contributed by atoms with Gasteiger partial charge in [-0.3, -0.25) is 0 Å². The average molecular weight is 285 g/mol. The van der Waals surface area contributed by atoms with Gasteiger partial charge in [0.15, 0.2) is 0 Å². The molecule has 1 aromatic carbocycles. The number of rotatable bonds is 3. The van der Waals surface area contributed by atoms with Crippen LogP contribution < -0.4 is 11.1 Å². The van der Waals surface area contributed by atoms with Gasteiger partial charge in [0.1, 0.15) is 11.6 Å². The fraction of sp³-hybridized carbons (Fsp3) is 0.438. The van der Waals surface area contributed by atoms with E-state index < -0.39 is 0 Å². The van der Waals surface area contributed by atoms with E-state index in [4.69, 9.17) is 5.73 Å². The lowest BCUT2D eigenvalue weighted by Gasteiger charge is -2.19. The molecule has 5 heteroatoms. The van der Waals surface area contributed by atoms with Gasteiger partial charge in [-0.2, -0.15) is 9.97 Å². The van der Waals surface area contributed by atoms with E-state index in [1.54, 1.807) is 0 Å². The fourth-order valence-electron chi connectivity index (χ4n) is 1.79. The van der Waals surface area contributed by atoms with Crippen LogP contribution in [-0.4, -0.2) is 15.0 Å². The van der Waals surface area contributed by atoms with Crippen molar-refractivity contribution in [3.63, 3.8) is 0 Å². The molecular formula is C16H23N5. The van der Waals surface area contributed by atoms with Crippen LogP contribution in [0.1, 0.15) is 52.2 Å². The van der Waals surface area contributed by atoms with Crippen LogP contribution in [0.25, 0.3) is 0 Å². The summed E-state index contributed by atoms with van der Waals surface area (Å²) in [6, 6.07) is 7.53. The molecule has 0 atom stereocenters. The van der Waals surface area contributed by atoms with E-state index in [-0.39, 0.29) is 11.3 Å². The predicted octanol–water partition coefficient (Wildman–Crippen LogP) is 3.62. The van der Waals surface area contributed by atoms with Gasteiger partial charge in [-0.15, -0.1) is 0 Å². The van der Waals surface area contributed by atoms with Crippen LogP contribution in [0.3, 0.4) is 0 Å². The van der Waals surface area contributed by atoms with Crippen molar-refractivity contribution in [2.24, 2.45) is 0 Å². The summed E-state index contributed by atoms with van der Waals surface area (Å²) >= 11 is 0. The lowest BCUT2D eigenvalue weighted by Crippen LogP contribution is -2.19. The number of nitrogens with one attached hydrogen (secondary N) is 1. The molecule has 5 nitrogen and oxygen atoms in total. The number of nitrogen functional groups attached to an aromatic ring is 1. The molecule has 1 aromatic heterocycles. The van der Waals surface area contributed by atoms with Crippen LogP contribution in [-0.2, 0) is 5.41 Å². The van der Waals surface area contributed by atoms with E-state index in [1.165, 1.54) is 0 Å². The molecule has 2 aromatic rings. The number of hydrogen-bond donors (Lipinski definition) is 2. The zero-order valence-corrected chi connectivity index (χ0v) is 13.3. The van der Waals surface area contributed by atoms with Gasteiger partial charge in [0.05, 0.1) is 0 Å². The molecule has 0 spiro atoms. The third kappa shape index (κ3) is 3.90. The zero-order chi connectivity index (χ0) is 15.6. The third-order valence-electron chi connectivity index (χ3n) is 2.98. The molecular weight excluding hydrogens is 262 g/mol. The molecule has 0 radical (unpaired) electrons. The van der Waals surface area contributed by atoms with Crippen molar-refractivity contribution < 1.29 is 0 Å². The highest BCUT2D eigenvalue weighted by Gasteiger charge is 2.20. The molecule has 0 aliphatic rings. The fourth-order valence-corrected chi connectivity index (χ4v) is 1.79. The first-order valence-electron chi connectivity index (χ1n) is 7.15. The molecule has 0 aliphatic heterocycles. The average Bonchev–Trinajstić information content (AvgIpc) is 2.37. The largest absolute Gasteiger partial charge is 0.399 e. The first-order chi connectivity index (χ1) is 9.75. The van der Waals surface area contributed by atoms with Crippen molar-refractivity contribution in [1.82, 2.24) is 15.0 Å². The van der Waals surface area contributed by atoms with Crippen molar-refractivity contribution in [2.75, 3.05) is 11.1 Å². The van der Waals surface area contributed by atoms with Crippen molar-refractivity contribution in [2.45, 2.75) is 46.0 Å². The highest BCUT2D eigenvalue weighted by Crippen LogP contribution is 2.23. The minimum atomic E-state index is -0.126. The lowest BCUT2D eigenvalue weighted by molar-refractivity contribution is 0.533. The highest BCUT2D eigenvalue weighted by molar-refractivity contribution is 5.59. The van der Waals surface area contributed by atoms with E-state index in [9.17, 15) is 0 Å². The Labute approximate surface area is 126 Å². The Kier molecular flexibility index (Phi) is 4.11. The van der Waals surface area contributed by atoms with Gasteiger partial charge in [-0.25, -0.2) is 4.98 Å². The van der Waals surface area contributed by atoms with Gasteiger partial charge >= 0.3 is 0 Å². The van der Waals surface area contributed by atoms with Crippen LogP contribution in [0, 0.1) is 0 Å². The summed E-state index contributed by atoms with van der Waals surface area (Å²) in [7, 11) is 0. The van der Waals surface area contributed by atoms with Crippen LogP contribution >= 0.6 is 0 Å². The van der Waals surface area contributed by atoms with Crippen LogP contribution in [0.5, 0.6) is 0 Å². The normalized spacial score (nSPS) is 11.7. The molecule has 21 heavy (non-hydrogen) atoms. The molecule has 112 valence electrons. The Hall–Kier alpha value is -2.17. The SMILES string of the molecule is CC(C)c1nc(Nc2cccc(N)c2)nc(C(C)(C)C)n1. The quantitative estimate of drug-likeness (QED) is 0.842. The first kappa shape index (κ1) is 15.2. The van der Waals surface area contributed by atoms with Crippen LogP contribution in [0.15, 0.2) is 24.3 Å². The second-order valence-electron chi connectivity index (χ2n) is 6.50. The summed E-state index contributed by atoms with van der Waals surface area (Å²) < 4.78 is 0. The number of nitrogens with zero attached hydrogens (tertiary/aromatic N) is 3. The molecule has 0 unspecified atom stereocenters. The number of hydrogen-bond acceptors (Lipinski definition) is 5. The Morgan fingerprint density at radius 2 is 1.81 bits per heavy atom. The molecule has 0 fully saturated rings. The third-order valence-corrected chi connectivity index (χ3v) is 2.98. The smallest absolute Gasteiger partial charge is 0.230 e. The van der Waals surface area contributed by atoms with Gasteiger partial charge in [0.25, 0.3) is 0 Å². The standard InChI is InChI=1S/C16H23N5/c1-10(2)13-19-14(16(3,4)5)21-15(20-13)18-12-8-6-7-11(17)9-12/h6-10H,17H2,1-5H3,(H,18,19,20,21). The minimum Gasteiger partial charge on any atom is -0.399 e. The van der Waals surface area contributed by atoms with Gasteiger partial charge in [-0.05, 0) is 18.2 Å². The van der Waals surface area contributed by atoms with Crippen molar-refractivity contribution in [1.29, 1.82) is 0 Å². The van der Waals surface area contributed by atoms with Gasteiger partial charge in [0, 0.05) is 22.7 Å². The van der Waals surface area contributed by atoms with Gasteiger partial charge in [-0.1, -0.05) is 40.7 Å². The van der Waals surface area contributed by atoms with Crippen LogP contribution in [0.4, 0.5) is 17.3 Å². The Morgan fingerprint density at radius 3 is 2.38 bits per heavy atom. The molecule has 3 N–H and O–H groups in total. The number of aromatic nitrogens is 3. The number of anilines is 3. The highest BCUT2D eigenvalue weighted by atomic mass is 15.2. The Bertz CT molecular complexity index is 629. The molecule has 0 amide bonds. The molecule has 0 aliphatic carbocycles. The molecule has 0 saturated carbocycles. The van der Waals surface area contributed by atoms with Crippen molar-refractivity contribution in [3.8, 4) is 0 Å². The second kappa shape index (κ2) is 5.68. The van der Waals surface area contributed by atoms with E-state index in [2.05, 4.69) is 54.9 Å². The first-order valence-corrected chi connectivity index (χ1v) is 7.15. The lowest BCUT2D eigenvalue weighted by atomic mass is 9.95. The Morgan fingerprint density at radius 1 is 1.10 bits per heavy atom. The molecule has 2 rings (SSSR count). The molecule has 1 heterocycles. The topological polar surface area (TPSA) is 76.7 Å². The summed E-state index contributed by atoms with van der Waals surface area (Å²) in [5.74, 6) is 2.38. The predicted molar refractivity (Wildman–Crippen MR) is 86.8 cm³/mol. The maximum atomic E-state index is 5.80. The van der Waals surface area contributed by atoms with E-state index in [0.29, 0.717) is 11.6 Å². The van der Waals surface area contributed by atoms with Gasteiger partial charge < -0.3 is 11.1 Å². The van der Waals surface area contributed by atoms with Crippen molar-refractivity contribution >= 4 is 17.3 Å². The number of nitrogens with two attached hydrogens (primary N) is 1. The number of benzene rings is 1. The molecule has 0 bridgehead atoms. The zero-order valence-electron chi connectivity index (χ0n) is 13.3. The Balaban J connectivity index is 2.41. The van der Waals surface area contributed by atoms with Crippen LogP contribution in [0.2, 0.25) is 0 Å².